The predicted octanol–water partition coefficient (Wildman–Crippen LogP) is 3.26. The number of nitrogens with zero attached hydrogens (tertiary/aromatic N) is 2. The molecule has 0 fully saturated rings. The summed E-state index contributed by atoms with van der Waals surface area (Å²) < 4.78 is 0. The van der Waals surface area contributed by atoms with Gasteiger partial charge in [-0.05, 0) is 24.3 Å². The maximum absolute atomic E-state index is 11.9. The van der Waals surface area contributed by atoms with Crippen LogP contribution in [0.4, 0.5) is 5.13 Å². The molecule has 0 aliphatic rings. The lowest BCUT2D eigenvalue weighted by Crippen LogP contribution is -2.27. The van der Waals surface area contributed by atoms with E-state index in [1.165, 1.54) is 22.7 Å². The van der Waals surface area contributed by atoms with E-state index in [1.54, 1.807) is 6.07 Å². The van der Waals surface area contributed by atoms with Crippen molar-refractivity contribution in [3.05, 3.63) is 27.4 Å². The highest BCUT2D eigenvalue weighted by molar-refractivity contribution is 7.15. The summed E-state index contributed by atoms with van der Waals surface area (Å²) in [7, 11) is 0. The zero-order valence-corrected chi connectivity index (χ0v) is 14.8. The van der Waals surface area contributed by atoms with Gasteiger partial charge in [-0.25, -0.2) is 0 Å². The second-order valence-electron chi connectivity index (χ2n) is 4.99. The number of anilines is 1. The van der Waals surface area contributed by atoms with Crippen molar-refractivity contribution in [2.24, 2.45) is 0 Å². The molecule has 124 valence electrons. The standard InChI is InChI=1S/C15H20N4O2S2/c1-3-10(4-2)14-18-19-15(23-14)17-12(20)7-8-16-13(21)11-6-5-9-22-11/h5-6,9-10H,3-4,7-8H2,1-2H3,(H,16,21)(H,17,19,20). The van der Waals surface area contributed by atoms with E-state index < -0.39 is 0 Å². The van der Waals surface area contributed by atoms with E-state index in [-0.39, 0.29) is 18.2 Å². The van der Waals surface area contributed by atoms with Gasteiger partial charge in [-0.1, -0.05) is 31.3 Å². The topological polar surface area (TPSA) is 84.0 Å². The van der Waals surface area contributed by atoms with Gasteiger partial charge in [0.1, 0.15) is 5.01 Å². The normalized spacial score (nSPS) is 10.7. The number of carbonyl (C=O) groups is 2. The maximum Gasteiger partial charge on any atom is 0.261 e. The fourth-order valence-electron chi connectivity index (χ4n) is 2.05. The van der Waals surface area contributed by atoms with Crippen molar-refractivity contribution in [2.45, 2.75) is 39.0 Å². The molecule has 2 heterocycles. The Hall–Kier alpha value is -1.80. The van der Waals surface area contributed by atoms with Crippen molar-refractivity contribution in [2.75, 3.05) is 11.9 Å². The minimum Gasteiger partial charge on any atom is -0.351 e. The molecule has 0 radical (unpaired) electrons. The second kappa shape index (κ2) is 8.73. The Labute approximate surface area is 143 Å². The highest BCUT2D eigenvalue weighted by Gasteiger charge is 2.14. The van der Waals surface area contributed by atoms with Crippen molar-refractivity contribution in [1.82, 2.24) is 15.5 Å². The summed E-state index contributed by atoms with van der Waals surface area (Å²) in [6.45, 7) is 4.52. The van der Waals surface area contributed by atoms with Crippen LogP contribution in [0, 0.1) is 0 Å². The number of carbonyl (C=O) groups excluding carboxylic acids is 2. The van der Waals surface area contributed by atoms with Gasteiger partial charge in [0.05, 0.1) is 4.88 Å². The minimum absolute atomic E-state index is 0.153. The first-order chi connectivity index (χ1) is 11.1. The summed E-state index contributed by atoms with van der Waals surface area (Å²) in [4.78, 5) is 24.3. The molecule has 2 aromatic heterocycles. The molecule has 0 saturated carbocycles. The fourth-order valence-corrected chi connectivity index (χ4v) is 3.72. The monoisotopic (exact) mass is 352 g/mol. The lowest BCUT2D eigenvalue weighted by Gasteiger charge is -2.06. The first-order valence-corrected chi connectivity index (χ1v) is 9.28. The van der Waals surface area contributed by atoms with Gasteiger partial charge in [-0.3, -0.25) is 9.59 Å². The molecule has 2 N–H and O–H groups in total. The Balaban J connectivity index is 1.75. The SMILES string of the molecule is CCC(CC)c1nnc(NC(=O)CCNC(=O)c2cccs2)s1. The van der Waals surface area contributed by atoms with Crippen LogP contribution in [0.5, 0.6) is 0 Å². The second-order valence-corrected chi connectivity index (χ2v) is 6.95. The van der Waals surface area contributed by atoms with E-state index in [1.807, 2.05) is 11.4 Å². The van der Waals surface area contributed by atoms with Crippen LogP contribution < -0.4 is 10.6 Å². The molecule has 0 spiro atoms. The highest BCUT2D eigenvalue weighted by Crippen LogP contribution is 2.27. The average Bonchev–Trinajstić information content (AvgIpc) is 3.20. The maximum atomic E-state index is 11.9. The Morgan fingerprint density at radius 3 is 2.70 bits per heavy atom. The van der Waals surface area contributed by atoms with Crippen molar-refractivity contribution < 1.29 is 9.59 Å². The molecule has 2 amide bonds. The van der Waals surface area contributed by atoms with Crippen LogP contribution >= 0.6 is 22.7 Å². The Morgan fingerprint density at radius 2 is 2.04 bits per heavy atom. The largest absolute Gasteiger partial charge is 0.351 e. The Morgan fingerprint density at radius 1 is 1.26 bits per heavy atom. The number of nitrogens with one attached hydrogen (secondary N) is 2. The number of hydrogen-bond donors (Lipinski definition) is 2. The van der Waals surface area contributed by atoms with E-state index in [0.29, 0.717) is 22.5 Å². The number of thiophene rings is 1. The van der Waals surface area contributed by atoms with Crippen LogP contribution in [0.15, 0.2) is 17.5 Å². The third-order valence-electron chi connectivity index (χ3n) is 3.40. The van der Waals surface area contributed by atoms with Gasteiger partial charge in [0.2, 0.25) is 11.0 Å². The van der Waals surface area contributed by atoms with Crippen LogP contribution in [0.2, 0.25) is 0 Å². The lowest BCUT2D eigenvalue weighted by atomic mass is 10.1. The number of amides is 2. The molecule has 2 rings (SSSR count). The molecule has 6 nitrogen and oxygen atoms in total. The van der Waals surface area contributed by atoms with Crippen molar-refractivity contribution >= 4 is 39.6 Å². The molecular weight excluding hydrogens is 332 g/mol. The summed E-state index contributed by atoms with van der Waals surface area (Å²) in [6, 6.07) is 3.57. The molecule has 0 saturated heterocycles. The van der Waals surface area contributed by atoms with Crippen LogP contribution in [0.1, 0.15) is 53.7 Å². The summed E-state index contributed by atoms with van der Waals surface area (Å²) in [5.41, 5.74) is 0. The predicted molar refractivity (Wildman–Crippen MR) is 93.1 cm³/mol. The Kier molecular flexibility index (Phi) is 6.66. The number of rotatable bonds is 8. The smallest absolute Gasteiger partial charge is 0.261 e. The first kappa shape index (κ1) is 17.6. The number of aromatic nitrogens is 2. The molecule has 23 heavy (non-hydrogen) atoms. The zero-order chi connectivity index (χ0) is 16.7. The van der Waals surface area contributed by atoms with E-state index in [0.717, 1.165) is 17.8 Å². The Bertz CT molecular complexity index is 636. The van der Waals surface area contributed by atoms with E-state index in [2.05, 4.69) is 34.7 Å². The molecular formula is C15H20N4O2S2. The molecule has 0 unspecified atom stereocenters. The molecule has 0 bridgehead atoms. The van der Waals surface area contributed by atoms with Gasteiger partial charge >= 0.3 is 0 Å². The summed E-state index contributed by atoms with van der Waals surface area (Å²) in [5, 5.41) is 16.9. The first-order valence-electron chi connectivity index (χ1n) is 7.59. The zero-order valence-electron chi connectivity index (χ0n) is 13.2. The number of hydrogen-bond acceptors (Lipinski definition) is 6. The van der Waals surface area contributed by atoms with E-state index >= 15 is 0 Å². The van der Waals surface area contributed by atoms with Crippen LogP contribution in [-0.2, 0) is 4.79 Å². The molecule has 0 atom stereocenters. The van der Waals surface area contributed by atoms with Gasteiger partial charge in [0.25, 0.3) is 5.91 Å². The van der Waals surface area contributed by atoms with E-state index in [9.17, 15) is 9.59 Å². The van der Waals surface area contributed by atoms with Crippen molar-refractivity contribution in [3.8, 4) is 0 Å². The van der Waals surface area contributed by atoms with Crippen molar-refractivity contribution in [3.63, 3.8) is 0 Å². The molecule has 2 aromatic rings. The van der Waals surface area contributed by atoms with Crippen LogP contribution in [0.3, 0.4) is 0 Å². The fraction of sp³-hybridized carbons (Fsp3) is 0.467. The molecule has 0 aliphatic heterocycles. The van der Waals surface area contributed by atoms with Gasteiger partial charge in [0.15, 0.2) is 0 Å². The van der Waals surface area contributed by atoms with Crippen LogP contribution in [0.25, 0.3) is 0 Å². The molecule has 0 aliphatic carbocycles. The summed E-state index contributed by atoms with van der Waals surface area (Å²) in [5.74, 6) is 0.0618. The molecule has 0 aromatic carbocycles. The highest BCUT2D eigenvalue weighted by atomic mass is 32.1. The molecule has 8 heteroatoms. The minimum atomic E-state index is -0.177. The summed E-state index contributed by atoms with van der Waals surface area (Å²) >= 11 is 2.79. The van der Waals surface area contributed by atoms with Gasteiger partial charge < -0.3 is 10.6 Å². The van der Waals surface area contributed by atoms with Crippen molar-refractivity contribution in [1.29, 1.82) is 0 Å². The third kappa shape index (κ3) is 5.11. The average molecular weight is 352 g/mol. The van der Waals surface area contributed by atoms with Gasteiger partial charge in [-0.15, -0.1) is 21.5 Å². The summed E-state index contributed by atoms with van der Waals surface area (Å²) in [6.07, 6.45) is 2.22. The van der Waals surface area contributed by atoms with Gasteiger partial charge in [-0.2, -0.15) is 0 Å². The lowest BCUT2D eigenvalue weighted by molar-refractivity contribution is -0.116. The quantitative estimate of drug-likeness (QED) is 0.764. The van der Waals surface area contributed by atoms with E-state index in [4.69, 9.17) is 0 Å². The van der Waals surface area contributed by atoms with Gasteiger partial charge in [0, 0.05) is 18.9 Å². The third-order valence-corrected chi connectivity index (χ3v) is 5.27. The van der Waals surface area contributed by atoms with Crippen LogP contribution in [-0.4, -0.2) is 28.6 Å².